The van der Waals surface area contributed by atoms with Crippen LogP contribution in [0, 0.1) is 11.3 Å². The first kappa shape index (κ1) is 19.6. The fourth-order valence-corrected chi connectivity index (χ4v) is 3.79. The van der Waals surface area contributed by atoms with Crippen LogP contribution in [0.15, 0.2) is 35.4 Å². The van der Waals surface area contributed by atoms with Gasteiger partial charge in [0.2, 0.25) is 11.8 Å². The van der Waals surface area contributed by atoms with Gasteiger partial charge in [0.05, 0.1) is 6.04 Å². The van der Waals surface area contributed by atoms with E-state index in [1.54, 1.807) is 5.01 Å². The van der Waals surface area contributed by atoms with Gasteiger partial charge in [-0.1, -0.05) is 57.5 Å². The van der Waals surface area contributed by atoms with Gasteiger partial charge >= 0.3 is 0 Å². The van der Waals surface area contributed by atoms with Gasteiger partial charge < -0.3 is 4.90 Å². The summed E-state index contributed by atoms with van der Waals surface area (Å²) in [5, 5.41) is 6.02. The monoisotopic (exact) mass is 369 g/mol. The second kappa shape index (κ2) is 8.24. The van der Waals surface area contributed by atoms with Gasteiger partial charge in [-0.2, -0.15) is 5.10 Å². The molecule has 0 saturated carbocycles. The van der Waals surface area contributed by atoms with Crippen LogP contribution >= 0.6 is 0 Å². The van der Waals surface area contributed by atoms with E-state index < -0.39 is 0 Å². The zero-order chi connectivity index (χ0) is 19.4. The predicted octanol–water partition coefficient (Wildman–Crippen LogP) is 4.01. The van der Waals surface area contributed by atoms with Gasteiger partial charge in [-0.25, -0.2) is 5.01 Å². The number of carbonyl (C=O) groups is 2. The Morgan fingerprint density at radius 3 is 2.44 bits per heavy atom. The van der Waals surface area contributed by atoms with Gasteiger partial charge in [-0.15, -0.1) is 0 Å². The van der Waals surface area contributed by atoms with E-state index in [0.29, 0.717) is 19.5 Å². The molecule has 2 amide bonds. The predicted molar refractivity (Wildman–Crippen MR) is 107 cm³/mol. The van der Waals surface area contributed by atoms with Gasteiger partial charge in [-0.05, 0) is 23.8 Å². The molecule has 0 radical (unpaired) electrons. The Morgan fingerprint density at radius 1 is 1.15 bits per heavy atom. The highest BCUT2D eigenvalue weighted by molar-refractivity contribution is 5.82. The molecule has 0 N–H and O–H groups in total. The Bertz CT molecular complexity index is 691. The summed E-state index contributed by atoms with van der Waals surface area (Å²) < 4.78 is 0. The number of hydrogen-bond acceptors (Lipinski definition) is 3. The van der Waals surface area contributed by atoms with Crippen molar-refractivity contribution in [1.29, 1.82) is 0 Å². The van der Waals surface area contributed by atoms with Gasteiger partial charge in [0.1, 0.15) is 0 Å². The SMILES string of the molecule is CCC(C)(C)CC(=O)N1CCC(C(=O)N2N=CCC2c2ccccc2)CC1. The van der Waals surface area contributed by atoms with Crippen LogP contribution in [0.3, 0.4) is 0 Å². The molecule has 0 aromatic heterocycles. The Balaban J connectivity index is 1.57. The van der Waals surface area contributed by atoms with E-state index in [1.807, 2.05) is 29.3 Å². The number of nitrogens with zero attached hydrogens (tertiary/aromatic N) is 3. The van der Waals surface area contributed by atoms with Crippen LogP contribution in [-0.2, 0) is 9.59 Å². The topological polar surface area (TPSA) is 53.0 Å². The van der Waals surface area contributed by atoms with Crippen molar-refractivity contribution in [2.75, 3.05) is 13.1 Å². The molecule has 5 heteroatoms. The van der Waals surface area contributed by atoms with Crippen molar-refractivity contribution in [3.8, 4) is 0 Å². The number of likely N-dealkylation sites (tertiary alicyclic amines) is 1. The van der Waals surface area contributed by atoms with Crippen LogP contribution in [0.1, 0.15) is 64.5 Å². The molecule has 1 fully saturated rings. The highest BCUT2D eigenvalue weighted by atomic mass is 16.2. The normalized spacial score (nSPS) is 20.9. The molecule has 0 bridgehead atoms. The smallest absolute Gasteiger partial charge is 0.246 e. The quantitative estimate of drug-likeness (QED) is 0.787. The Labute approximate surface area is 162 Å². The standard InChI is InChI=1S/C22H31N3O2/c1-4-22(2,3)16-20(26)24-14-11-18(12-15-24)21(27)25-19(10-13-23-25)17-8-6-5-7-9-17/h5-9,13,18-19H,4,10-12,14-16H2,1-3H3. The second-order valence-corrected chi connectivity index (χ2v) is 8.49. The molecule has 2 aliphatic heterocycles. The summed E-state index contributed by atoms with van der Waals surface area (Å²) in [5.74, 6) is 0.266. The number of hydrazone groups is 1. The lowest BCUT2D eigenvalue weighted by atomic mass is 9.85. The van der Waals surface area contributed by atoms with E-state index in [1.165, 1.54) is 0 Å². The van der Waals surface area contributed by atoms with E-state index in [9.17, 15) is 9.59 Å². The van der Waals surface area contributed by atoms with Crippen molar-refractivity contribution in [2.24, 2.45) is 16.4 Å². The molecule has 1 unspecified atom stereocenters. The molecular weight excluding hydrogens is 338 g/mol. The highest BCUT2D eigenvalue weighted by Crippen LogP contribution is 2.32. The van der Waals surface area contributed by atoms with Gasteiger partial charge in [0, 0.05) is 38.1 Å². The van der Waals surface area contributed by atoms with Gasteiger partial charge in [-0.3, -0.25) is 9.59 Å². The average molecular weight is 370 g/mol. The minimum Gasteiger partial charge on any atom is -0.343 e. The first-order valence-electron chi connectivity index (χ1n) is 10.1. The fourth-order valence-electron chi connectivity index (χ4n) is 3.79. The summed E-state index contributed by atoms with van der Waals surface area (Å²) in [6.45, 7) is 7.73. The summed E-state index contributed by atoms with van der Waals surface area (Å²) in [6, 6.07) is 10.1. The number of rotatable bonds is 5. The lowest BCUT2D eigenvalue weighted by Gasteiger charge is -2.35. The van der Waals surface area contributed by atoms with E-state index in [0.717, 1.165) is 31.2 Å². The lowest BCUT2D eigenvalue weighted by molar-refractivity contribution is -0.142. The largest absolute Gasteiger partial charge is 0.343 e. The maximum Gasteiger partial charge on any atom is 0.246 e. The lowest BCUT2D eigenvalue weighted by Crippen LogP contribution is -2.44. The van der Waals surface area contributed by atoms with E-state index in [4.69, 9.17) is 0 Å². The van der Waals surface area contributed by atoms with Crippen molar-refractivity contribution >= 4 is 18.0 Å². The van der Waals surface area contributed by atoms with Crippen LogP contribution in [0.2, 0.25) is 0 Å². The fraction of sp³-hybridized carbons (Fsp3) is 0.591. The van der Waals surface area contributed by atoms with Gasteiger partial charge in [0.15, 0.2) is 0 Å². The Hall–Kier alpha value is -2.17. The molecule has 146 valence electrons. The molecule has 0 spiro atoms. The van der Waals surface area contributed by atoms with Crippen molar-refractivity contribution < 1.29 is 9.59 Å². The summed E-state index contributed by atoms with van der Waals surface area (Å²) >= 11 is 0. The van der Waals surface area contributed by atoms with Crippen LogP contribution < -0.4 is 0 Å². The Morgan fingerprint density at radius 2 is 1.81 bits per heavy atom. The van der Waals surface area contributed by atoms with Crippen LogP contribution in [0.25, 0.3) is 0 Å². The zero-order valence-corrected chi connectivity index (χ0v) is 16.7. The second-order valence-electron chi connectivity index (χ2n) is 8.49. The molecule has 5 nitrogen and oxygen atoms in total. The molecule has 2 heterocycles. The van der Waals surface area contributed by atoms with Crippen molar-refractivity contribution in [3.05, 3.63) is 35.9 Å². The number of hydrogen-bond donors (Lipinski definition) is 0. The number of carbonyl (C=O) groups excluding carboxylic acids is 2. The molecule has 2 aliphatic rings. The zero-order valence-electron chi connectivity index (χ0n) is 16.7. The van der Waals surface area contributed by atoms with Crippen molar-refractivity contribution in [3.63, 3.8) is 0 Å². The minimum atomic E-state index is -0.0466. The minimum absolute atomic E-state index is 0.00344. The number of benzene rings is 1. The van der Waals surface area contributed by atoms with Crippen LogP contribution in [0.4, 0.5) is 0 Å². The molecule has 27 heavy (non-hydrogen) atoms. The van der Waals surface area contributed by atoms with Crippen LogP contribution in [-0.4, -0.2) is 41.0 Å². The molecule has 1 aromatic rings. The van der Waals surface area contributed by atoms with Crippen LogP contribution in [0.5, 0.6) is 0 Å². The Kier molecular flexibility index (Phi) is 5.98. The molecule has 3 rings (SSSR count). The highest BCUT2D eigenvalue weighted by Gasteiger charge is 2.35. The van der Waals surface area contributed by atoms with E-state index >= 15 is 0 Å². The summed E-state index contributed by atoms with van der Waals surface area (Å²) in [5.41, 5.74) is 1.16. The third-order valence-electron chi connectivity index (χ3n) is 6.02. The van der Waals surface area contributed by atoms with Gasteiger partial charge in [0.25, 0.3) is 0 Å². The van der Waals surface area contributed by atoms with E-state index in [2.05, 4.69) is 38.0 Å². The summed E-state index contributed by atoms with van der Waals surface area (Å²) in [7, 11) is 0. The number of piperidine rings is 1. The first-order chi connectivity index (χ1) is 12.9. The van der Waals surface area contributed by atoms with Crippen molar-refractivity contribution in [2.45, 2.75) is 58.9 Å². The number of amides is 2. The third kappa shape index (κ3) is 4.57. The third-order valence-corrected chi connectivity index (χ3v) is 6.02. The van der Waals surface area contributed by atoms with E-state index in [-0.39, 0.29) is 29.2 Å². The average Bonchev–Trinajstić information content (AvgIpc) is 3.18. The maximum atomic E-state index is 13.0. The molecule has 0 aliphatic carbocycles. The van der Waals surface area contributed by atoms with Crippen molar-refractivity contribution in [1.82, 2.24) is 9.91 Å². The molecule has 1 aromatic carbocycles. The maximum absolute atomic E-state index is 13.0. The molecular formula is C22H31N3O2. The summed E-state index contributed by atoms with van der Waals surface area (Å²) in [6.07, 6.45) is 5.62. The molecule has 1 atom stereocenters. The molecule has 1 saturated heterocycles. The summed E-state index contributed by atoms with van der Waals surface area (Å²) in [4.78, 5) is 27.5. The first-order valence-corrected chi connectivity index (χ1v) is 10.1.